The van der Waals surface area contributed by atoms with Crippen molar-refractivity contribution >= 4 is 17.6 Å². The van der Waals surface area contributed by atoms with E-state index in [9.17, 15) is 14.3 Å². The summed E-state index contributed by atoms with van der Waals surface area (Å²) in [7, 11) is 0. The average Bonchev–Trinajstić information content (AvgIpc) is 2.15. The number of aliphatic hydroxyl groups excluding tert-OH is 1. The van der Waals surface area contributed by atoms with E-state index >= 15 is 0 Å². The molecule has 0 aliphatic rings. The van der Waals surface area contributed by atoms with Crippen LogP contribution in [0.1, 0.15) is 11.7 Å². The molecule has 76 valence electrons. The summed E-state index contributed by atoms with van der Waals surface area (Å²) < 4.78 is 12.8. The van der Waals surface area contributed by atoms with Crippen molar-refractivity contribution in [1.29, 1.82) is 0 Å². The zero-order valence-electron chi connectivity index (χ0n) is 7.02. The molecular formula is C9H8ClFO3. The van der Waals surface area contributed by atoms with Crippen molar-refractivity contribution in [2.24, 2.45) is 0 Å². The van der Waals surface area contributed by atoms with Gasteiger partial charge in [0, 0.05) is 5.02 Å². The maximum absolute atomic E-state index is 12.8. The van der Waals surface area contributed by atoms with Crippen molar-refractivity contribution < 1.29 is 19.4 Å². The zero-order chi connectivity index (χ0) is 10.7. The molecule has 2 atom stereocenters. The highest BCUT2D eigenvalue weighted by molar-refractivity contribution is 6.30. The molecule has 0 aromatic heterocycles. The van der Waals surface area contributed by atoms with Crippen LogP contribution in [0.2, 0.25) is 5.02 Å². The quantitative estimate of drug-likeness (QED) is 0.813. The highest BCUT2D eigenvalue weighted by atomic mass is 35.5. The molecule has 1 rings (SSSR count). The van der Waals surface area contributed by atoms with E-state index in [4.69, 9.17) is 16.7 Å². The van der Waals surface area contributed by atoms with Gasteiger partial charge in [-0.15, -0.1) is 0 Å². The Morgan fingerprint density at radius 3 is 2.64 bits per heavy atom. The number of rotatable bonds is 3. The lowest BCUT2D eigenvalue weighted by Gasteiger charge is -2.12. The summed E-state index contributed by atoms with van der Waals surface area (Å²) in [6.45, 7) is 0. The Morgan fingerprint density at radius 2 is 2.14 bits per heavy atom. The number of aliphatic hydroxyl groups is 1. The summed E-state index contributed by atoms with van der Waals surface area (Å²) in [6.07, 6.45) is -4.03. The lowest BCUT2D eigenvalue weighted by molar-refractivity contribution is -0.147. The number of carbonyl (C=O) groups is 1. The van der Waals surface area contributed by atoms with Gasteiger partial charge in [-0.1, -0.05) is 23.7 Å². The fraction of sp³-hybridized carbons (Fsp3) is 0.222. The van der Waals surface area contributed by atoms with Crippen LogP contribution in [0.15, 0.2) is 24.3 Å². The van der Waals surface area contributed by atoms with Crippen LogP contribution < -0.4 is 0 Å². The lowest BCUT2D eigenvalue weighted by atomic mass is 10.1. The molecule has 0 radical (unpaired) electrons. The molecule has 0 aliphatic heterocycles. The number of alkyl halides is 1. The topological polar surface area (TPSA) is 57.5 Å². The van der Waals surface area contributed by atoms with Crippen LogP contribution in [-0.2, 0) is 4.79 Å². The summed E-state index contributed by atoms with van der Waals surface area (Å²) in [5, 5.41) is 17.9. The second-order valence-corrected chi connectivity index (χ2v) is 3.18. The first-order valence-corrected chi connectivity index (χ1v) is 4.20. The van der Waals surface area contributed by atoms with E-state index in [0.29, 0.717) is 5.02 Å². The normalized spacial score (nSPS) is 14.8. The van der Waals surface area contributed by atoms with Crippen LogP contribution in [0.5, 0.6) is 0 Å². The van der Waals surface area contributed by atoms with Crippen molar-refractivity contribution in [2.75, 3.05) is 0 Å². The predicted molar refractivity (Wildman–Crippen MR) is 48.9 cm³/mol. The molecule has 3 nitrogen and oxygen atoms in total. The highest BCUT2D eigenvalue weighted by Crippen LogP contribution is 2.22. The molecule has 2 N–H and O–H groups in total. The standard InChI is InChI=1S/C9H8ClFO3/c10-6-3-1-2-5(4-6)8(12)7(11)9(13)14/h1-4,7-8,12H,(H,13,14). The second-order valence-electron chi connectivity index (χ2n) is 2.74. The van der Waals surface area contributed by atoms with Crippen molar-refractivity contribution in [3.05, 3.63) is 34.9 Å². The van der Waals surface area contributed by atoms with Crippen LogP contribution >= 0.6 is 11.6 Å². The zero-order valence-corrected chi connectivity index (χ0v) is 7.78. The Morgan fingerprint density at radius 1 is 1.50 bits per heavy atom. The predicted octanol–water partition coefficient (Wildman–Crippen LogP) is 1.80. The van der Waals surface area contributed by atoms with Crippen LogP contribution in [0.3, 0.4) is 0 Å². The molecule has 0 amide bonds. The van der Waals surface area contributed by atoms with Gasteiger partial charge in [0.2, 0.25) is 6.17 Å². The van der Waals surface area contributed by atoms with E-state index in [2.05, 4.69) is 0 Å². The maximum Gasteiger partial charge on any atom is 0.341 e. The first-order chi connectivity index (χ1) is 6.52. The van der Waals surface area contributed by atoms with Gasteiger partial charge in [-0.25, -0.2) is 9.18 Å². The van der Waals surface area contributed by atoms with Gasteiger partial charge in [0.1, 0.15) is 6.10 Å². The molecule has 0 saturated carbocycles. The van der Waals surface area contributed by atoms with Gasteiger partial charge >= 0.3 is 5.97 Å². The first-order valence-electron chi connectivity index (χ1n) is 3.83. The molecule has 2 unspecified atom stereocenters. The third-order valence-corrected chi connectivity index (χ3v) is 1.94. The van der Waals surface area contributed by atoms with E-state index in [1.165, 1.54) is 18.2 Å². The number of carboxylic acids is 1. The largest absolute Gasteiger partial charge is 0.479 e. The molecule has 0 spiro atoms. The van der Waals surface area contributed by atoms with Gasteiger partial charge in [-0.2, -0.15) is 0 Å². The van der Waals surface area contributed by atoms with E-state index < -0.39 is 18.2 Å². The Kier molecular flexibility index (Phi) is 3.43. The van der Waals surface area contributed by atoms with E-state index in [1.807, 2.05) is 0 Å². The Labute approximate surface area is 84.7 Å². The monoisotopic (exact) mass is 218 g/mol. The molecule has 0 heterocycles. The van der Waals surface area contributed by atoms with E-state index in [1.54, 1.807) is 6.07 Å². The first kappa shape index (κ1) is 10.9. The van der Waals surface area contributed by atoms with Crippen molar-refractivity contribution in [3.63, 3.8) is 0 Å². The van der Waals surface area contributed by atoms with E-state index in [-0.39, 0.29) is 5.56 Å². The minimum Gasteiger partial charge on any atom is -0.479 e. The summed E-state index contributed by atoms with van der Waals surface area (Å²) >= 11 is 5.59. The minimum atomic E-state index is -2.34. The van der Waals surface area contributed by atoms with Gasteiger partial charge in [0.25, 0.3) is 0 Å². The maximum atomic E-state index is 12.8. The third-order valence-electron chi connectivity index (χ3n) is 1.70. The number of aliphatic carboxylic acids is 1. The fourth-order valence-electron chi connectivity index (χ4n) is 0.995. The van der Waals surface area contributed by atoms with Crippen molar-refractivity contribution in [2.45, 2.75) is 12.3 Å². The molecule has 0 bridgehead atoms. The molecule has 5 heteroatoms. The Bertz CT molecular complexity index is 343. The summed E-state index contributed by atoms with van der Waals surface area (Å²) in [5.41, 5.74) is 0.146. The minimum absolute atomic E-state index is 0.146. The van der Waals surface area contributed by atoms with Crippen molar-refractivity contribution in [1.82, 2.24) is 0 Å². The molecule has 0 fully saturated rings. The molecule has 1 aromatic carbocycles. The van der Waals surface area contributed by atoms with Crippen LogP contribution in [0.4, 0.5) is 4.39 Å². The third kappa shape index (κ3) is 2.43. The van der Waals surface area contributed by atoms with E-state index in [0.717, 1.165) is 0 Å². The average molecular weight is 219 g/mol. The molecular weight excluding hydrogens is 211 g/mol. The van der Waals surface area contributed by atoms with Gasteiger partial charge in [-0.3, -0.25) is 0 Å². The second kappa shape index (κ2) is 4.39. The Hall–Kier alpha value is -1.13. The SMILES string of the molecule is O=C(O)C(F)C(O)c1cccc(Cl)c1. The molecule has 1 aromatic rings. The molecule has 0 aliphatic carbocycles. The summed E-state index contributed by atoms with van der Waals surface area (Å²) in [6, 6.07) is 5.79. The van der Waals surface area contributed by atoms with Crippen LogP contribution in [0.25, 0.3) is 0 Å². The molecule has 14 heavy (non-hydrogen) atoms. The lowest BCUT2D eigenvalue weighted by Crippen LogP contribution is -2.23. The number of halogens is 2. The number of hydrogen-bond acceptors (Lipinski definition) is 2. The van der Waals surface area contributed by atoms with Crippen LogP contribution in [0, 0.1) is 0 Å². The molecule has 0 saturated heterocycles. The fourth-order valence-corrected chi connectivity index (χ4v) is 1.19. The summed E-state index contributed by atoms with van der Waals surface area (Å²) in [4.78, 5) is 10.2. The van der Waals surface area contributed by atoms with Gasteiger partial charge in [0.05, 0.1) is 0 Å². The number of carboxylic acid groups (broad SMARTS) is 1. The van der Waals surface area contributed by atoms with Crippen molar-refractivity contribution in [3.8, 4) is 0 Å². The Balaban J connectivity index is 2.89. The number of hydrogen-bond donors (Lipinski definition) is 2. The van der Waals surface area contributed by atoms with Crippen LogP contribution in [-0.4, -0.2) is 22.4 Å². The van der Waals surface area contributed by atoms with Gasteiger partial charge in [0.15, 0.2) is 0 Å². The highest BCUT2D eigenvalue weighted by Gasteiger charge is 2.27. The smallest absolute Gasteiger partial charge is 0.341 e. The summed E-state index contributed by atoms with van der Waals surface area (Å²) in [5.74, 6) is -1.70. The van der Waals surface area contributed by atoms with Gasteiger partial charge in [-0.05, 0) is 17.7 Å². The number of benzene rings is 1. The van der Waals surface area contributed by atoms with Gasteiger partial charge < -0.3 is 10.2 Å².